The van der Waals surface area contributed by atoms with Gasteiger partial charge in [0.25, 0.3) is 0 Å². The number of Topliss-reactive ketones (excluding diaryl/α,β-unsaturated/α-hetero) is 1. The van der Waals surface area contributed by atoms with Crippen molar-refractivity contribution >= 4 is 5.78 Å². The summed E-state index contributed by atoms with van der Waals surface area (Å²) >= 11 is 0. The summed E-state index contributed by atoms with van der Waals surface area (Å²) in [6.07, 6.45) is 13.8. The van der Waals surface area contributed by atoms with Gasteiger partial charge in [-0.05, 0) is 86.9 Å². The Balaban J connectivity index is 1.59. The molecule has 0 heterocycles. The van der Waals surface area contributed by atoms with E-state index in [4.69, 9.17) is 0 Å². The van der Waals surface area contributed by atoms with Gasteiger partial charge in [-0.25, -0.2) is 0 Å². The summed E-state index contributed by atoms with van der Waals surface area (Å²) in [5.74, 6) is 5.05. The molecule has 0 N–H and O–H groups in total. The summed E-state index contributed by atoms with van der Waals surface area (Å²) in [5.41, 5.74) is 2.28. The molecule has 0 amide bonds. The Morgan fingerprint density at radius 3 is 2.67 bits per heavy atom. The van der Waals surface area contributed by atoms with Crippen LogP contribution >= 0.6 is 0 Å². The first kappa shape index (κ1) is 14.0. The van der Waals surface area contributed by atoms with Crippen molar-refractivity contribution < 1.29 is 4.79 Å². The Labute approximate surface area is 129 Å². The molecule has 4 fully saturated rings. The molecule has 4 rings (SSSR count). The number of allylic oxidation sites excluding steroid dienone is 2. The number of ketones is 1. The van der Waals surface area contributed by atoms with Crippen LogP contribution in [0.1, 0.15) is 71.6 Å². The highest BCUT2D eigenvalue weighted by Gasteiger charge is 2.54. The van der Waals surface area contributed by atoms with Crippen molar-refractivity contribution in [3.63, 3.8) is 0 Å². The first-order chi connectivity index (χ1) is 10.1. The van der Waals surface area contributed by atoms with Crippen LogP contribution in [-0.4, -0.2) is 5.78 Å². The molecule has 1 nitrogen and oxygen atoms in total. The molecule has 0 radical (unpaired) electrons. The van der Waals surface area contributed by atoms with Crippen LogP contribution in [0.4, 0.5) is 0 Å². The van der Waals surface area contributed by atoms with Gasteiger partial charge in [0.2, 0.25) is 0 Å². The minimum atomic E-state index is 0.521. The first-order valence-corrected chi connectivity index (χ1v) is 9.31. The molecule has 0 aromatic carbocycles. The molecule has 6 atom stereocenters. The Bertz CT molecular complexity index is 476. The molecule has 116 valence electrons. The van der Waals surface area contributed by atoms with Crippen molar-refractivity contribution in [3.05, 3.63) is 11.6 Å². The summed E-state index contributed by atoms with van der Waals surface area (Å²) in [7, 11) is 0. The second-order valence-corrected chi connectivity index (χ2v) is 8.53. The third-order valence-electron chi connectivity index (χ3n) is 7.96. The monoisotopic (exact) mass is 286 g/mol. The molecule has 4 aliphatic rings. The van der Waals surface area contributed by atoms with Crippen LogP contribution in [0.15, 0.2) is 11.6 Å². The molecular weight excluding hydrogens is 256 g/mol. The van der Waals surface area contributed by atoms with E-state index in [2.05, 4.69) is 19.9 Å². The lowest BCUT2D eigenvalue weighted by atomic mass is 9.50. The van der Waals surface area contributed by atoms with Gasteiger partial charge >= 0.3 is 0 Å². The van der Waals surface area contributed by atoms with E-state index in [9.17, 15) is 4.79 Å². The topological polar surface area (TPSA) is 17.1 Å². The van der Waals surface area contributed by atoms with Crippen molar-refractivity contribution in [2.24, 2.45) is 35.0 Å². The molecule has 0 aromatic rings. The zero-order valence-corrected chi connectivity index (χ0v) is 13.7. The second kappa shape index (κ2) is 4.96. The molecule has 0 spiro atoms. The number of fused-ring (bicyclic) bond motifs is 5. The fraction of sp³-hybridized carbons (Fsp3) is 0.850. The third kappa shape index (κ3) is 1.99. The van der Waals surface area contributed by atoms with Gasteiger partial charge < -0.3 is 0 Å². The zero-order chi connectivity index (χ0) is 14.6. The molecule has 0 saturated heterocycles. The van der Waals surface area contributed by atoms with E-state index >= 15 is 0 Å². The Morgan fingerprint density at radius 1 is 1.00 bits per heavy atom. The fourth-order valence-electron chi connectivity index (χ4n) is 6.98. The van der Waals surface area contributed by atoms with Gasteiger partial charge in [0.1, 0.15) is 5.78 Å². The van der Waals surface area contributed by atoms with Crippen LogP contribution in [0.3, 0.4) is 0 Å². The van der Waals surface area contributed by atoms with Crippen LogP contribution in [0, 0.1) is 35.0 Å². The molecule has 0 bridgehead atoms. The molecule has 1 heteroatoms. The maximum atomic E-state index is 11.8. The highest BCUT2D eigenvalue weighted by molar-refractivity contribution is 5.79. The lowest BCUT2D eigenvalue weighted by Gasteiger charge is -2.54. The maximum absolute atomic E-state index is 11.8. The summed E-state index contributed by atoms with van der Waals surface area (Å²) < 4.78 is 0. The van der Waals surface area contributed by atoms with E-state index in [1.54, 1.807) is 5.57 Å². The van der Waals surface area contributed by atoms with Gasteiger partial charge in [0.15, 0.2) is 0 Å². The van der Waals surface area contributed by atoms with Crippen molar-refractivity contribution in [1.29, 1.82) is 0 Å². The summed E-state index contributed by atoms with van der Waals surface area (Å²) in [4.78, 5) is 11.8. The average molecular weight is 286 g/mol. The van der Waals surface area contributed by atoms with Gasteiger partial charge in [0.05, 0.1) is 0 Å². The number of carbonyl (C=O) groups is 1. The summed E-state index contributed by atoms with van der Waals surface area (Å²) in [6, 6.07) is 0. The smallest absolute Gasteiger partial charge is 0.133 e. The largest absolute Gasteiger partial charge is 0.300 e. The number of hydrogen-bond donors (Lipinski definition) is 0. The molecule has 0 aromatic heterocycles. The first-order valence-electron chi connectivity index (χ1n) is 9.31. The summed E-state index contributed by atoms with van der Waals surface area (Å²) in [6.45, 7) is 4.81. The van der Waals surface area contributed by atoms with Gasteiger partial charge in [-0.3, -0.25) is 4.79 Å². The van der Waals surface area contributed by atoms with Crippen LogP contribution in [-0.2, 0) is 4.79 Å². The van der Waals surface area contributed by atoms with Gasteiger partial charge in [0, 0.05) is 12.8 Å². The van der Waals surface area contributed by atoms with Gasteiger partial charge in [-0.15, -0.1) is 0 Å². The average Bonchev–Trinajstić information content (AvgIpc) is 2.83. The van der Waals surface area contributed by atoms with Crippen LogP contribution < -0.4 is 0 Å². The van der Waals surface area contributed by atoms with E-state index < -0.39 is 0 Å². The number of rotatable bonds is 0. The minimum Gasteiger partial charge on any atom is -0.300 e. The van der Waals surface area contributed by atoms with Crippen molar-refractivity contribution in [3.8, 4) is 0 Å². The third-order valence-corrected chi connectivity index (χ3v) is 7.96. The molecule has 4 saturated carbocycles. The number of carbonyl (C=O) groups excluding carboxylic acids is 1. The lowest BCUT2D eigenvalue weighted by molar-refractivity contribution is -0.126. The Kier molecular flexibility index (Phi) is 3.32. The lowest BCUT2D eigenvalue weighted by Crippen LogP contribution is -2.47. The van der Waals surface area contributed by atoms with E-state index in [-0.39, 0.29) is 0 Å². The molecule has 4 aliphatic carbocycles. The van der Waals surface area contributed by atoms with E-state index in [0.717, 1.165) is 42.4 Å². The predicted octanol–water partition coefficient (Wildman–Crippen LogP) is 5.15. The SMILES string of the molecule is C/C=C1/CCC2[C@@H]3CCC4CC(=O)CCC4[C@H]3CC[C@]12C. The highest BCUT2D eigenvalue weighted by atomic mass is 16.1. The van der Waals surface area contributed by atoms with E-state index in [1.165, 1.54) is 44.9 Å². The quantitative estimate of drug-likeness (QED) is 0.562. The normalized spacial score (nSPS) is 51.4. The summed E-state index contributed by atoms with van der Waals surface area (Å²) in [5, 5.41) is 0. The van der Waals surface area contributed by atoms with Gasteiger partial charge in [-0.1, -0.05) is 18.6 Å². The van der Waals surface area contributed by atoms with Crippen molar-refractivity contribution in [1.82, 2.24) is 0 Å². The second-order valence-electron chi connectivity index (χ2n) is 8.53. The van der Waals surface area contributed by atoms with Crippen LogP contribution in [0.5, 0.6) is 0 Å². The minimum absolute atomic E-state index is 0.521. The van der Waals surface area contributed by atoms with Crippen molar-refractivity contribution in [2.75, 3.05) is 0 Å². The number of hydrogen-bond acceptors (Lipinski definition) is 1. The van der Waals surface area contributed by atoms with Gasteiger partial charge in [-0.2, -0.15) is 0 Å². The maximum Gasteiger partial charge on any atom is 0.133 e. The molecular formula is C20H30O. The molecule has 21 heavy (non-hydrogen) atoms. The van der Waals surface area contributed by atoms with E-state index in [0.29, 0.717) is 11.2 Å². The fourth-order valence-corrected chi connectivity index (χ4v) is 6.98. The van der Waals surface area contributed by atoms with Crippen LogP contribution in [0.25, 0.3) is 0 Å². The standard InChI is InChI=1S/C20H30O/c1-3-14-5-9-19-18-7-4-13-12-15(21)6-8-16(13)17(18)10-11-20(14,19)2/h3,13,16-19H,4-12H2,1-2H3/b14-3-/t13?,16?,17-,18-,19?,20-/m1/s1. The zero-order valence-electron chi connectivity index (χ0n) is 13.7. The highest BCUT2D eigenvalue weighted by Crippen LogP contribution is 2.63. The predicted molar refractivity (Wildman–Crippen MR) is 85.9 cm³/mol. The van der Waals surface area contributed by atoms with E-state index in [1.807, 2.05) is 0 Å². The molecule has 0 aliphatic heterocycles. The van der Waals surface area contributed by atoms with Crippen LogP contribution in [0.2, 0.25) is 0 Å². The Hall–Kier alpha value is -0.590. The molecule has 3 unspecified atom stereocenters. The Morgan fingerprint density at radius 2 is 1.86 bits per heavy atom. The van der Waals surface area contributed by atoms with Crippen molar-refractivity contribution in [2.45, 2.75) is 71.6 Å².